The Bertz CT molecular complexity index is 1200. The molecule has 10 heteroatoms. The fourth-order valence-corrected chi connectivity index (χ4v) is 4.32. The average Bonchev–Trinajstić information content (AvgIpc) is 3.33. The van der Waals surface area contributed by atoms with E-state index in [1.807, 2.05) is 0 Å². The van der Waals surface area contributed by atoms with E-state index in [0.29, 0.717) is 29.1 Å². The number of fused-ring (bicyclic) bond motifs is 1. The molecule has 3 aromatic rings. The van der Waals surface area contributed by atoms with Crippen LogP contribution in [0.4, 0.5) is 8.78 Å². The molecule has 7 nitrogen and oxygen atoms in total. The minimum atomic E-state index is -1.11. The van der Waals surface area contributed by atoms with Gasteiger partial charge >= 0.3 is 5.69 Å². The van der Waals surface area contributed by atoms with Gasteiger partial charge in [-0.15, -0.1) is 10.2 Å². The number of aromatic hydroxyl groups is 1. The van der Waals surface area contributed by atoms with E-state index in [0.717, 1.165) is 23.8 Å². The summed E-state index contributed by atoms with van der Waals surface area (Å²) in [5, 5.41) is 18.0. The Morgan fingerprint density at radius 3 is 2.71 bits per heavy atom. The minimum absolute atomic E-state index is 0.0706. The van der Waals surface area contributed by atoms with Crippen LogP contribution in [0.1, 0.15) is 29.6 Å². The number of aromatic nitrogens is 4. The molecule has 1 aliphatic carbocycles. The molecule has 146 valence electrons. The lowest BCUT2D eigenvalue weighted by Crippen LogP contribution is -2.42. The third-order valence-corrected chi connectivity index (χ3v) is 5.79. The van der Waals surface area contributed by atoms with Crippen molar-refractivity contribution in [1.29, 1.82) is 0 Å². The quantitative estimate of drug-likeness (QED) is 0.716. The molecule has 2 heterocycles. The molecule has 1 N–H and O–H groups in total. The van der Waals surface area contributed by atoms with E-state index in [2.05, 4.69) is 10.2 Å². The van der Waals surface area contributed by atoms with Crippen molar-refractivity contribution in [3.05, 3.63) is 60.9 Å². The van der Waals surface area contributed by atoms with Gasteiger partial charge in [-0.2, -0.15) is 0 Å². The fraction of sp³-hybridized carbons (Fsp3) is 0.333. The Kier molecular flexibility index (Phi) is 4.58. The van der Waals surface area contributed by atoms with E-state index >= 15 is 0 Å². The van der Waals surface area contributed by atoms with E-state index in [1.165, 1.54) is 15.2 Å². The van der Waals surface area contributed by atoms with Crippen molar-refractivity contribution in [3.63, 3.8) is 0 Å². The van der Waals surface area contributed by atoms with Gasteiger partial charge in [-0.3, -0.25) is 13.9 Å². The van der Waals surface area contributed by atoms with Crippen molar-refractivity contribution >= 4 is 11.3 Å². The first-order valence-corrected chi connectivity index (χ1v) is 9.59. The SMILES string of the molecule is CCn1c(=O)c2c(n(Cc3nnc(-c4ccc(F)c(O)c4F)s3)c1=O)CCC2. The van der Waals surface area contributed by atoms with E-state index in [4.69, 9.17) is 0 Å². The van der Waals surface area contributed by atoms with Gasteiger partial charge in [0.15, 0.2) is 22.4 Å². The number of halogens is 2. The molecule has 1 aliphatic rings. The highest BCUT2D eigenvalue weighted by atomic mass is 32.1. The molecular weight excluding hydrogens is 390 g/mol. The van der Waals surface area contributed by atoms with E-state index < -0.39 is 23.1 Å². The summed E-state index contributed by atoms with van der Waals surface area (Å²) in [4.78, 5) is 25.2. The maximum Gasteiger partial charge on any atom is 0.331 e. The van der Waals surface area contributed by atoms with Crippen molar-refractivity contribution in [2.45, 2.75) is 39.3 Å². The Balaban J connectivity index is 1.75. The Labute approximate surface area is 161 Å². The lowest BCUT2D eigenvalue weighted by molar-refractivity contribution is 0.397. The summed E-state index contributed by atoms with van der Waals surface area (Å²) in [7, 11) is 0. The van der Waals surface area contributed by atoms with Crippen molar-refractivity contribution in [1.82, 2.24) is 19.3 Å². The number of hydrogen-bond acceptors (Lipinski definition) is 6. The number of phenols is 1. The fourth-order valence-electron chi connectivity index (χ4n) is 3.48. The van der Waals surface area contributed by atoms with Crippen LogP contribution in [0.25, 0.3) is 10.6 Å². The summed E-state index contributed by atoms with van der Waals surface area (Å²) < 4.78 is 30.1. The van der Waals surface area contributed by atoms with E-state index in [1.54, 1.807) is 6.92 Å². The van der Waals surface area contributed by atoms with Crippen LogP contribution in [0.2, 0.25) is 0 Å². The second-order valence-corrected chi connectivity index (χ2v) is 7.52. The lowest BCUT2D eigenvalue weighted by Gasteiger charge is -2.13. The summed E-state index contributed by atoms with van der Waals surface area (Å²) in [6.07, 6.45) is 2.07. The Morgan fingerprint density at radius 2 is 1.96 bits per heavy atom. The van der Waals surface area contributed by atoms with Crippen molar-refractivity contribution < 1.29 is 13.9 Å². The summed E-state index contributed by atoms with van der Waals surface area (Å²) in [5.41, 5.74) is 0.648. The van der Waals surface area contributed by atoms with E-state index in [-0.39, 0.29) is 29.2 Å². The standard InChI is InChI=1S/C18H16F2N4O3S/c1-2-23-17(26)9-4-3-5-12(9)24(18(23)27)8-13-21-22-16(28-13)10-6-7-11(19)15(25)14(10)20/h6-7,25H,2-5,8H2,1H3. The molecule has 0 unspecified atom stereocenters. The number of rotatable bonds is 4. The highest BCUT2D eigenvalue weighted by molar-refractivity contribution is 7.14. The number of benzene rings is 1. The summed E-state index contributed by atoms with van der Waals surface area (Å²) >= 11 is 1.04. The van der Waals surface area contributed by atoms with Gasteiger partial charge in [-0.1, -0.05) is 11.3 Å². The van der Waals surface area contributed by atoms with Crippen LogP contribution in [0.3, 0.4) is 0 Å². The molecule has 1 aromatic carbocycles. The number of nitrogens with zero attached hydrogens (tertiary/aromatic N) is 4. The van der Waals surface area contributed by atoms with Crippen LogP contribution < -0.4 is 11.2 Å². The Hall–Kier alpha value is -2.88. The van der Waals surface area contributed by atoms with E-state index in [9.17, 15) is 23.5 Å². The van der Waals surface area contributed by atoms with Crippen molar-refractivity contribution in [3.8, 4) is 16.3 Å². The van der Waals surface area contributed by atoms with Gasteiger partial charge < -0.3 is 5.11 Å². The van der Waals surface area contributed by atoms with Crippen LogP contribution in [-0.2, 0) is 25.9 Å². The molecular formula is C18H16F2N4O3S. The predicted molar refractivity (Wildman–Crippen MR) is 98.7 cm³/mol. The first-order valence-electron chi connectivity index (χ1n) is 8.77. The zero-order chi connectivity index (χ0) is 20.0. The first-order chi connectivity index (χ1) is 13.4. The lowest BCUT2D eigenvalue weighted by atomic mass is 10.2. The third-order valence-electron chi connectivity index (χ3n) is 4.85. The summed E-state index contributed by atoms with van der Waals surface area (Å²) in [6.45, 7) is 2.11. The van der Waals surface area contributed by atoms with Gasteiger partial charge in [0.05, 0.1) is 12.1 Å². The highest BCUT2D eigenvalue weighted by Gasteiger charge is 2.24. The van der Waals surface area contributed by atoms with Crippen LogP contribution in [0.15, 0.2) is 21.7 Å². The topological polar surface area (TPSA) is 90.0 Å². The molecule has 0 bridgehead atoms. The number of phenolic OH excluding ortho intramolecular Hbond substituents is 1. The molecule has 2 aromatic heterocycles. The molecule has 4 rings (SSSR count). The van der Waals surface area contributed by atoms with Gasteiger partial charge in [-0.05, 0) is 38.3 Å². The molecule has 0 amide bonds. The molecule has 28 heavy (non-hydrogen) atoms. The monoisotopic (exact) mass is 406 g/mol. The van der Waals surface area contributed by atoms with Gasteiger partial charge in [0.2, 0.25) is 0 Å². The third kappa shape index (κ3) is 2.84. The zero-order valence-corrected chi connectivity index (χ0v) is 15.7. The second kappa shape index (κ2) is 6.93. The second-order valence-electron chi connectivity index (χ2n) is 6.46. The molecule has 0 atom stereocenters. The zero-order valence-electron chi connectivity index (χ0n) is 14.9. The molecule has 0 saturated carbocycles. The number of hydrogen-bond donors (Lipinski definition) is 1. The van der Waals surface area contributed by atoms with Crippen molar-refractivity contribution in [2.24, 2.45) is 0 Å². The summed E-state index contributed by atoms with van der Waals surface area (Å²) in [6, 6.07) is 2.12. The first kappa shape index (κ1) is 18.5. The molecule has 0 fully saturated rings. The van der Waals surface area contributed by atoms with Gasteiger partial charge in [0, 0.05) is 17.8 Å². The van der Waals surface area contributed by atoms with Crippen molar-refractivity contribution in [2.75, 3.05) is 0 Å². The normalized spacial score (nSPS) is 13.1. The molecule has 0 saturated heterocycles. The molecule has 0 spiro atoms. The minimum Gasteiger partial charge on any atom is -0.503 e. The van der Waals surface area contributed by atoms with Gasteiger partial charge in [0.25, 0.3) is 5.56 Å². The van der Waals surface area contributed by atoms with Crippen LogP contribution in [-0.4, -0.2) is 24.4 Å². The smallest absolute Gasteiger partial charge is 0.331 e. The maximum absolute atomic E-state index is 14.1. The molecule has 0 radical (unpaired) electrons. The average molecular weight is 406 g/mol. The molecule has 0 aliphatic heterocycles. The van der Waals surface area contributed by atoms with Crippen LogP contribution in [0.5, 0.6) is 5.75 Å². The van der Waals surface area contributed by atoms with Crippen LogP contribution in [0, 0.1) is 11.6 Å². The largest absolute Gasteiger partial charge is 0.503 e. The Morgan fingerprint density at radius 1 is 1.18 bits per heavy atom. The maximum atomic E-state index is 14.1. The van der Waals surface area contributed by atoms with Gasteiger partial charge in [0.1, 0.15) is 5.01 Å². The summed E-state index contributed by atoms with van der Waals surface area (Å²) in [5.74, 6) is -3.24. The highest BCUT2D eigenvalue weighted by Crippen LogP contribution is 2.32. The van der Waals surface area contributed by atoms with Gasteiger partial charge in [-0.25, -0.2) is 13.6 Å². The predicted octanol–water partition coefficient (Wildman–Crippen LogP) is 2.07. The van der Waals surface area contributed by atoms with Crippen LogP contribution >= 0.6 is 11.3 Å².